The van der Waals surface area contributed by atoms with Gasteiger partial charge in [0.1, 0.15) is 0 Å². The third-order valence-electron chi connectivity index (χ3n) is 3.87. The first-order chi connectivity index (χ1) is 9.47. The monoisotopic (exact) mass is 296 g/mol. The van der Waals surface area contributed by atoms with Crippen LogP contribution in [-0.2, 0) is 16.6 Å². The Hall–Kier alpha value is -0.910. The van der Waals surface area contributed by atoms with E-state index in [4.69, 9.17) is 0 Å². The quantitative estimate of drug-likeness (QED) is 0.900. The highest BCUT2D eigenvalue weighted by Crippen LogP contribution is 2.17. The van der Waals surface area contributed by atoms with E-state index in [1.807, 2.05) is 31.2 Å². The number of sulfonamides is 1. The van der Waals surface area contributed by atoms with Gasteiger partial charge >= 0.3 is 0 Å². The molecule has 0 aromatic heterocycles. The Balaban J connectivity index is 1.97. The Labute approximate surface area is 122 Å². The van der Waals surface area contributed by atoms with Crippen molar-refractivity contribution in [3.05, 3.63) is 35.4 Å². The van der Waals surface area contributed by atoms with E-state index in [9.17, 15) is 8.42 Å². The summed E-state index contributed by atoms with van der Waals surface area (Å²) < 4.78 is 26.3. The Morgan fingerprint density at radius 2 is 2.00 bits per heavy atom. The molecule has 4 nitrogen and oxygen atoms in total. The van der Waals surface area contributed by atoms with E-state index < -0.39 is 10.0 Å². The van der Waals surface area contributed by atoms with Gasteiger partial charge in [-0.05, 0) is 44.3 Å². The van der Waals surface area contributed by atoms with Gasteiger partial charge in [0.05, 0.1) is 5.75 Å². The minimum Gasteiger partial charge on any atom is -0.317 e. The molecule has 0 bridgehead atoms. The number of benzene rings is 1. The highest BCUT2D eigenvalue weighted by atomic mass is 32.2. The van der Waals surface area contributed by atoms with Crippen LogP contribution in [0.4, 0.5) is 0 Å². The zero-order chi connectivity index (χ0) is 14.6. The molecule has 20 heavy (non-hydrogen) atoms. The first kappa shape index (κ1) is 15.5. The molecular formula is C15H24N2O2S. The smallest absolute Gasteiger partial charge is 0.214 e. The van der Waals surface area contributed by atoms with Crippen LogP contribution < -0.4 is 5.32 Å². The van der Waals surface area contributed by atoms with Crippen LogP contribution in [0, 0.1) is 12.8 Å². The van der Waals surface area contributed by atoms with Gasteiger partial charge in [-0.2, -0.15) is 0 Å². The molecule has 112 valence electrons. The van der Waals surface area contributed by atoms with Crippen molar-refractivity contribution in [1.29, 1.82) is 0 Å². The molecular weight excluding hydrogens is 272 g/mol. The van der Waals surface area contributed by atoms with Crippen LogP contribution in [0.1, 0.15) is 24.0 Å². The minimum atomic E-state index is -3.17. The first-order valence-corrected chi connectivity index (χ1v) is 8.78. The van der Waals surface area contributed by atoms with Crippen LogP contribution >= 0.6 is 0 Å². The summed E-state index contributed by atoms with van der Waals surface area (Å²) in [5.74, 6) is 0.568. The molecule has 1 aromatic carbocycles. The highest BCUT2D eigenvalue weighted by Gasteiger charge is 2.24. The molecule has 0 spiro atoms. The average molecular weight is 296 g/mol. The zero-order valence-electron chi connectivity index (χ0n) is 12.3. The lowest BCUT2D eigenvalue weighted by Gasteiger charge is -2.25. The maximum Gasteiger partial charge on any atom is 0.214 e. The number of piperidine rings is 1. The molecule has 1 N–H and O–H groups in total. The van der Waals surface area contributed by atoms with Crippen LogP contribution in [0.5, 0.6) is 0 Å². The summed E-state index contributed by atoms with van der Waals surface area (Å²) in [4.78, 5) is 0. The first-order valence-electron chi connectivity index (χ1n) is 7.17. The van der Waals surface area contributed by atoms with Crippen molar-refractivity contribution < 1.29 is 8.42 Å². The van der Waals surface area contributed by atoms with E-state index in [1.165, 1.54) is 4.31 Å². The van der Waals surface area contributed by atoms with E-state index in [1.54, 1.807) is 7.05 Å². The second kappa shape index (κ2) is 6.70. The third-order valence-corrected chi connectivity index (χ3v) is 5.84. The molecule has 1 saturated heterocycles. The van der Waals surface area contributed by atoms with Gasteiger partial charge in [-0.15, -0.1) is 0 Å². The largest absolute Gasteiger partial charge is 0.317 e. The topological polar surface area (TPSA) is 49.4 Å². The van der Waals surface area contributed by atoms with Crippen molar-refractivity contribution in [2.24, 2.45) is 5.92 Å². The molecule has 0 saturated carbocycles. The van der Waals surface area contributed by atoms with Crippen molar-refractivity contribution in [3.63, 3.8) is 0 Å². The van der Waals surface area contributed by atoms with Gasteiger partial charge in [-0.3, -0.25) is 0 Å². The lowest BCUT2D eigenvalue weighted by atomic mass is 10.0. The van der Waals surface area contributed by atoms with E-state index in [0.717, 1.165) is 37.1 Å². The summed E-state index contributed by atoms with van der Waals surface area (Å²) in [6, 6.07) is 8.01. The lowest BCUT2D eigenvalue weighted by Crippen LogP contribution is -2.36. The summed E-state index contributed by atoms with van der Waals surface area (Å²) in [6.45, 7) is 4.34. The normalized spacial score (nSPS) is 17.6. The molecule has 0 radical (unpaired) electrons. The van der Waals surface area contributed by atoms with E-state index >= 15 is 0 Å². The van der Waals surface area contributed by atoms with Crippen LogP contribution in [0.3, 0.4) is 0 Å². The molecule has 1 aliphatic rings. The Morgan fingerprint density at radius 1 is 1.30 bits per heavy atom. The molecule has 1 aromatic rings. The van der Waals surface area contributed by atoms with E-state index in [2.05, 4.69) is 5.32 Å². The summed E-state index contributed by atoms with van der Waals surface area (Å²) in [5, 5.41) is 3.27. The number of hydrogen-bond acceptors (Lipinski definition) is 3. The standard InChI is InChI=1S/C15H24N2O2S/c1-13-4-3-5-15(10-13)11-17(2)20(18,19)12-14-6-8-16-9-7-14/h3-5,10,14,16H,6-9,11-12H2,1-2H3. The summed E-state index contributed by atoms with van der Waals surface area (Å²) in [5.41, 5.74) is 2.20. The maximum atomic E-state index is 12.4. The maximum absolute atomic E-state index is 12.4. The summed E-state index contributed by atoms with van der Waals surface area (Å²) in [6.07, 6.45) is 1.91. The summed E-state index contributed by atoms with van der Waals surface area (Å²) in [7, 11) is -1.49. The number of hydrogen-bond donors (Lipinski definition) is 1. The fourth-order valence-electron chi connectivity index (χ4n) is 2.64. The molecule has 5 heteroatoms. The predicted molar refractivity (Wildman–Crippen MR) is 82.0 cm³/mol. The van der Waals surface area contributed by atoms with Crippen molar-refractivity contribution in [1.82, 2.24) is 9.62 Å². The van der Waals surface area contributed by atoms with E-state index in [0.29, 0.717) is 12.5 Å². The fourth-order valence-corrected chi connectivity index (χ4v) is 4.17. The number of nitrogens with zero attached hydrogens (tertiary/aromatic N) is 1. The molecule has 1 heterocycles. The van der Waals surface area contributed by atoms with Gasteiger partial charge in [-0.25, -0.2) is 12.7 Å². The minimum absolute atomic E-state index is 0.275. The highest BCUT2D eigenvalue weighted by molar-refractivity contribution is 7.89. The van der Waals surface area contributed by atoms with Crippen LogP contribution in [-0.4, -0.2) is 38.6 Å². The molecule has 2 rings (SSSR count). The van der Waals surface area contributed by atoms with Crippen molar-refractivity contribution in [2.75, 3.05) is 25.9 Å². The number of aryl methyl sites for hydroxylation is 1. The molecule has 0 unspecified atom stereocenters. The van der Waals surface area contributed by atoms with Crippen molar-refractivity contribution in [2.45, 2.75) is 26.3 Å². The fraction of sp³-hybridized carbons (Fsp3) is 0.600. The van der Waals surface area contributed by atoms with Crippen LogP contribution in [0.25, 0.3) is 0 Å². The molecule has 0 aliphatic carbocycles. The lowest BCUT2D eigenvalue weighted by molar-refractivity contribution is 0.388. The van der Waals surface area contributed by atoms with Crippen molar-refractivity contribution in [3.8, 4) is 0 Å². The molecule has 0 atom stereocenters. The van der Waals surface area contributed by atoms with Gasteiger partial charge in [0, 0.05) is 13.6 Å². The summed E-state index contributed by atoms with van der Waals surface area (Å²) >= 11 is 0. The SMILES string of the molecule is Cc1cccc(CN(C)S(=O)(=O)CC2CCNCC2)c1. The van der Waals surface area contributed by atoms with Crippen LogP contribution in [0.15, 0.2) is 24.3 Å². The Morgan fingerprint density at radius 3 is 2.65 bits per heavy atom. The van der Waals surface area contributed by atoms with Gasteiger partial charge in [0.2, 0.25) is 10.0 Å². The Kier molecular flexibility index (Phi) is 5.18. The van der Waals surface area contributed by atoms with Gasteiger partial charge in [-0.1, -0.05) is 29.8 Å². The zero-order valence-corrected chi connectivity index (χ0v) is 13.1. The molecule has 0 amide bonds. The molecule has 1 fully saturated rings. The predicted octanol–water partition coefficient (Wildman–Crippen LogP) is 1.76. The third kappa shape index (κ3) is 4.30. The second-order valence-electron chi connectivity index (χ2n) is 5.72. The van der Waals surface area contributed by atoms with E-state index in [-0.39, 0.29) is 5.75 Å². The second-order valence-corrected chi connectivity index (χ2v) is 7.84. The number of nitrogens with one attached hydrogen (secondary N) is 1. The van der Waals surface area contributed by atoms with Crippen molar-refractivity contribution >= 4 is 10.0 Å². The van der Waals surface area contributed by atoms with Gasteiger partial charge in [0.25, 0.3) is 0 Å². The van der Waals surface area contributed by atoms with Crippen LogP contribution in [0.2, 0.25) is 0 Å². The molecule has 1 aliphatic heterocycles. The Bertz CT molecular complexity index is 537. The number of rotatable bonds is 5. The van der Waals surface area contributed by atoms with Gasteiger partial charge < -0.3 is 5.32 Å². The van der Waals surface area contributed by atoms with Gasteiger partial charge in [0.15, 0.2) is 0 Å². The average Bonchev–Trinajstić information content (AvgIpc) is 2.39.